The third-order valence-corrected chi connectivity index (χ3v) is 3.58. The molecular weight excluding hydrogens is 282 g/mol. The van der Waals surface area contributed by atoms with Crippen LogP contribution in [0.1, 0.15) is 25.3 Å². The molecule has 116 valence electrons. The molecule has 2 heterocycles. The van der Waals surface area contributed by atoms with E-state index in [1.165, 1.54) is 4.90 Å². The third kappa shape index (κ3) is 2.77. The molecule has 0 bridgehead atoms. The van der Waals surface area contributed by atoms with Crippen molar-refractivity contribution >= 4 is 17.9 Å². The Balaban J connectivity index is 1.79. The van der Waals surface area contributed by atoms with Gasteiger partial charge in [-0.15, -0.1) is 0 Å². The zero-order valence-corrected chi connectivity index (χ0v) is 12.8. The van der Waals surface area contributed by atoms with Crippen LogP contribution in [-0.2, 0) is 4.79 Å². The molecule has 0 spiro atoms. The molecule has 1 N–H and O–H groups in total. The van der Waals surface area contributed by atoms with Gasteiger partial charge >= 0.3 is 0 Å². The summed E-state index contributed by atoms with van der Waals surface area (Å²) in [6.07, 6.45) is 3.88. The second-order valence-electron chi connectivity index (χ2n) is 5.22. The van der Waals surface area contributed by atoms with Crippen molar-refractivity contribution in [1.29, 1.82) is 0 Å². The fraction of sp³-hybridized carbons (Fsp3) is 0.375. The van der Waals surface area contributed by atoms with Crippen LogP contribution in [0.5, 0.6) is 11.5 Å². The first-order valence-corrected chi connectivity index (χ1v) is 7.40. The normalized spacial score (nSPS) is 20.1. The first-order valence-electron chi connectivity index (χ1n) is 7.40. The number of nitrogens with one attached hydrogen (secondary N) is 1. The Hall–Kier alpha value is -2.50. The number of fused-ring (bicyclic) bond motifs is 1. The minimum atomic E-state index is -0.0899. The summed E-state index contributed by atoms with van der Waals surface area (Å²) < 4.78 is 10.6. The maximum atomic E-state index is 12.2. The lowest BCUT2D eigenvalue weighted by Crippen LogP contribution is -2.28. The summed E-state index contributed by atoms with van der Waals surface area (Å²) in [7, 11) is 1.72. The molecule has 0 atom stereocenters. The van der Waals surface area contributed by atoms with Crippen LogP contribution in [-0.4, -0.2) is 37.2 Å². The van der Waals surface area contributed by atoms with E-state index in [1.54, 1.807) is 13.1 Å². The molecule has 0 unspecified atom stereocenters. The molecule has 2 aliphatic rings. The molecular formula is C16H19N3O3. The van der Waals surface area contributed by atoms with Crippen molar-refractivity contribution in [2.45, 2.75) is 19.8 Å². The maximum Gasteiger partial charge on any atom is 0.276 e. The number of hydrogen-bond donors (Lipinski definition) is 1. The van der Waals surface area contributed by atoms with Crippen molar-refractivity contribution in [2.24, 2.45) is 4.99 Å². The van der Waals surface area contributed by atoms with Gasteiger partial charge in [0.2, 0.25) is 12.8 Å². The predicted octanol–water partition coefficient (Wildman–Crippen LogP) is 1.97. The third-order valence-electron chi connectivity index (χ3n) is 3.58. The average Bonchev–Trinajstić information content (AvgIpc) is 3.08. The highest BCUT2D eigenvalue weighted by molar-refractivity contribution is 6.15. The number of aliphatic imine (C=N–C) groups is 1. The number of carbonyl (C=O) groups is 1. The van der Waals surface area contributed by atoms with E-state index < -0.39 is 0 Å². The highest BCUT2D eigenvalue weighted by atomic mass is 16.7. The lowest BCUT2D eigenvalue weighted by Gasteiger charge is -2.06. The standard InChI is InChI=1S/C16H19N3O3/c1-3-4-7-17-16-18-12(15(20)19(16)2)8-11-5-6-13-14(9-11)22-10-21-13/h5-6,8-9H,3-4,7,10H2,1-2H3,(H,17,18)/b12-8-. The van der Waals surface area contributed by atoms with Crippen LogP contribution in [0.4, 0.5) is 0 Å². The molecule has 3 rings (SSSR count). The number of rotatable bonds is 4. The molecule has 22 heavy (non-hydrogen) atoms. The quantitative estimate of drug-likeness (QED) is 0.682. The molecule has 1 aromatic rings. The van der Waals surface area contributed by atoms with Gasteiger partial charge in [-0.1, -0.05) is 19.4 Å². The summed E-state index contributed by atoms with van der Waals surface area (Å²) >= 11 is 0. The summed E-state index contributed by atoms with van der Waals surface area (Å²) in [6.45, 7) is 3.07. The van der Waals surface area contributed by atoms with Gasteiger partial charge in [-0.05, 0) is 30.2 Å². The minimum Gasteiger partial charge on any atom is -0.454 e. The number of unbranched alkanes of at least 4 members (excludes halogenated alkanes) is 1. The second kappa shape index (κ2) is 6.09. The average molecular weight is 301 g/mol. The molecule has 1 fully saturated rings. The van der Waals surface area contributed by atoms with Gasteiger partial charge in [-0.25, -0.2) is 0 Å². The van der Waals surface area contributed by atoms with Gasteiger partial charge in [0.1, 0.15) is 5.70 Å². The van der Waals surface area contributed by atoms with E-state index in [2.05, 4.69) is 17.2 Å². The molecule has 0 saturated carbocycles. The highest BCUT2D eigenvalue weighted by Crippen LogP contribution is 2.33. The van der Waals surface area contributed by atoms with E-state index in [1.807, 2.05) is 18.2 Å². The number of carbonyl (C=O) groups excluding carboxylic acids is 1. The van der Waals surface area contributed by atoms with Gasteiger partial charge in [-0.2, -0.15) is 0 Å². The van der Waals surface area contributed by atoms with Crippen molar-refractivity contribution in [2.75, 3.05) is 20.4 Å². The molecule has 6 heteroatoms. The van der Waals surface area contributed by atoms with E-state index >= 15 is 0 Å². The fourth-order valence-electron chi connectivity index (χ4n) is 2.29. The molecule has 2 aliphatic heterocycles. The van der Waals surface area contributed by atoms with Crippen LogP contribution in [0, 0.1) is 0 Å². The van der Waals surface area contributed by atoms with Crippen LogP contribution in [0.15, 0.2) is 28.9 Å². The molecule has 1 aromatic carbocycles. The van der Waals surface area contributed by atoms with Crippen molar-refractivity contribution in [3.63, 3.8) is 0 Å². The van der Waals surface area contributed by atoms with Crippen molar-refractivity contribution in [3.8, 4) is 11.5 Å². The van der Waals surface area contributed by atoms with Gasteiger partial charge in [-0.3, -0.25) is 14.7 Å². The van der Waals surface area contributed by atoms with E-state index in [0.717, 1.165) is 24.2 Å². The van der Waals surface area contributed by atoms with Crippen LogP contribution in [0.3, 0.4) is 0 Å². The molecule has 0 aromatic heterocycles. The van der Waals surface area contributed by atoms with Crippen LogP contribution in [0.25, 0.3) is 6.08 Å². The first kappa shape index (κ1) is 14.4. The van der Waals surface area contributed by atoms with Crippen LogP contribution in [0.2, 0.25) is 0 Å². The Bertz CT molecular complexity index is 652. The first-order chi connectivity index (χ1) is 10.7. The van der Waals surface area contributed by atoms with E-state index in [0.29, 0.717) is 24.0 Å². The number of nitrogens with zero attached hydrogens (tertiary/aromatic N) is 2. The lowest BCUT2D eigenvalue weighted by atomic mass is 10.1. The molecule has 6 nitrogen and oxygen atoms in total. The Morgan fingerprint density at radius 2 is 2.18 bits per heavy atom. The fourth-order valence-corrected chi connectivity index (χ4v) is 2.29. The SMILES string of the molecule is CCCCN=C1N/C(=C\c2ccc3c(c2)OCO3)C(=O)N1C. The van der Waals surface area contributed by atoms with Crippen molar-refractivity contribution in [1.82, 2.24) is 10.2 Å². The molecule has 1 amide bonds. The Morgan fingerprint density at radius 3 is 3.00 bits per heavy atom. The van der Waals surface area contributed by atoms with Gasteiger partial charge in [0.15, 0.2) is 11.5 Å². The Kier molecular flexibility index (Phi) is 4.00. The Labute approximate surface area is 129 Å². The highest BCUT2D eigenvalue weighted by Gasteiger charge is 2.28. The van der Waals surface area contributed by atoms with Crippen molar-refractivity contribution < 1.29 is 14.3 Å². The van der Waals surface area contributed by atoms with Gasteiger partial charge in [0.05, 0.1) is 0 Å². The zero-order chi connectivity index (χ0) is 15.5. The molecule has 1 saturated heterocycles. The van der Waals surface area contributed by atoms with E-state index in [9.17, 15) is 4.79 Å². The maximum absolute atomic E-state index is 12.2. The second-order valence-corrected chi connectivity index (χ2v) is 5.22. The number of ether oxygens (including phenoxy) is 2. The van der Waals surface area contributed by atoms with Gasteiger partial charge < -0.3 is 14.8 Å². The number of benzene rings is 1. The predicted molar refractivity (Wildman–Crippen MR) is 83.7 cm³/mol. The monoisotopic (exact) mass is 301 g/mol. The molecule has 0 radical (unpaired) electrons. The number of likely N-dealkylation sites (N-methyl/N-ethyl adjacent to an activating group) is 1. The number of guanidine groups is 1. The van der Waals surface area contributed by atoms with Crippen LogP contribution >= 0.6 is 0 Å². The number of amides is 1. The van der Waals surface area contributed by atoms with E-state index in [4.69, 9.17) is 9.47 Å². The minimum absolute atomic E-state index is 0.0899. The molecule has 0 aliphatic carbocycles. The smallest absolute Gasteiger partial charge is 0.276 e. The van der Waals surface area contributed by atoms with Gasteiger partial charge in [0, 0.05) is 13.6 Å². The summed E-state index contributed by atoms with van der Waals surface area (Å²) in [5.74, 6) is 1.94. The van der Waals surface area contributed by atoms with Crippen molar-refractivity contribution in [3.05, 3.63) is 29.5 Å². The topological polar surface area (TPSA) is 63.2 Å². The summed E-state index contributed by atoms with van der Waals surface area (Å²) in [5, 5.41) is 3.08. The summed E-state index contributed by atoms with van der Waals surface area (Å²) in [5.41, 5.74) is 1.39. The zero-order valence-electron chi connectivity index (χ0n) is 12.8. The summed E-state index contributed by atoms with van der Waals surface area (Å²) in [6, 6.07) is 5.59. The van der Waals surface area contributed by atoms with Gasteiger partial charge in [0.25, 0.3) is 5.91 Å². The largest absolute Gasteiger partial charge is 0.454 e. The lowest BCUT2D eigenvalue weighted by molar-refractivity contribution is -0.121. The van der Waals surface area contributed by atoms with E-state index in [-0.39, 0.29) is 12.7 Å². The number of hydrogen-bond acceptors (Lipinski definition) is 4. The Morgan fingerprint density at radius 1 is 1.36 bits per heavy atom. The van der Waals surface area contributed by atoms with Crippen LogP contribution < -0.4 is 14.8 Å². The summed E-state index contributed by atoms with van der Waals surface area (Å²) in [4.78, 5) is 18.2.